The van der Waals surface area contributed by atoms with E-state index in [4.69, 9.17) is 5.11 Å². The first kappa shape index (κ1) is 12.3. The van der Waals surface area contributed by atoms with E-state index in [-0.39, 0.29) is 0 Å². The first-order valence-corrected chi connectivity index (χ1v) is 4.63. The van der Waals surface area contributed by atoms with Gasteiger partial charge < -0.3 is 5.11 Å². The molecule has 0 spiro atoms. The van der Waals surface area contributed by atoms with Crippen LogP contribution in [0.2, 0.25) is 0 Å². The fourth-order valence-electron chi connectivity index (χ4n) is 1.23. The van der Waals surface area contributed by atoms with Crippen molar-refractivity contribution in [1.29, 1.82) is 0 Å². The zero-order valence-corrected chi connectivity index (χ0v) is 8.54. The minimum Gasteiger partial charge on any atom is -0.481 e. The number of halogens is 2. The number of carbonyl (C=O) groups excluding carboxylic acids is 1. The Bertz CT molecular complexity index is 409. The molecule has 1 aromatic carbocycles. The highest BCUT2D eigenvalue weighted by molar-refractivity contribution is 5.98. The maximum atomic E-state index is 13.1. The van der Waals surface area contributed by atoms with Crippen molar-refractivity contribution in [3.05, 3.63) is 35.4 Å². The van der Waals surface area contributed by atoms with Gasteiger partial charge in [0.25, 0.3) is 0 Å². The Hall–Kier alpha value is -1.78. The summed E-state index contributed by atoms with van der Waals surface area (Å²) in [5.41, 5.74) is -0.671. The van der Waals surface area contributed by atoms with E-state index >= 15 is 0 Å². The molecule has 0 aromatic heterocycles. The van der Waals surface area contributed by atoms with Crippen molar-refractivity contribution in [3.63, 3.8) is 0 Å². The Morgan fingerprint density at radius 2 is 1.81 bits per heavy atom. The number of carbonyl (C=O) groups is 2. The summed E-state index contributed by atoms with van der Waals surface area (Å²) in [5, 5.41) is 8.58. The summed E-state index contributed by atoms with van der Waals surface area (Å²) in [6.45, 7) is 1.30. The zero-order valence-electron chi connectivity index (χ0n) is 8.54. The van der Waals surface area contributed by atoms with Crippen LogP contribution in [0.1, 0.15) is 23.7 Å². The molecule has 0 aliphatic carbocycles. The second-order valence-corrected chi connectivity index (χ2v) is 3.46. The van der Waals surface area contributed by atoms with E-state index in [1.54, 1.807) is 0 Å². The molecule has 1 unspecified atom stereocenters. The molecule has 0 saturated carbocycles. The van der Waals surface area contributed by atoms with Gasteiger partial charge in [0.1, 0.15) is 11.6 Å². The Labute approximate surface area is 90.7 Å². The molecule has 0 saturated heterocycles. The van der Waals surface area contributed by atoms with Crippen LogP contribution in [-0.4, -0.2) is 16.9 Å². The van der Waals surface area contributed by atoms with E-state index in [0.717, 1.165) is 18.2 Å². The molecule has 86 valence electrons. The highest BCUT2D eigenvalue weighted by Gasteiger charge is 2.22. The average molecular weight is 228 g/mol. The van der Waals surface area contributed by atoms with Gasteiger partial charge in [0.05, 0.1) is 11.5 Å². The highest BCUT2D eigenvalue weighted by atomic mass is 19.1. The molecule has 5 heteroatoms. The first-order valence-electron chi connectivity index (χ1n) is 4.63. The molecule has 0 radical (unpaired) electrons. The fraction of sp³-hybridized carbons (Fsp3) is 0.273. The van der Waals surface area contributed by atoms with Gasteiger partial charge in [-0.05, 0) is 12.1 Å². The van der Waals surface area contributed by atoms with Gasteiger partial charge in [-0.2, -0.15) is 0 Å². The standard InChI is InChI=1S/C11H10F2O3/c1-6(11(15)16)5-9(14)10-7(12)3-2-4-8(10)13/h2-4,6H,5H2,1H3,(H,15,16). The van der Waals surface area contributed by atoms with Gasteiger partial charge in [0.15, 0.2) is 5.78 Å². The second-order valence-electron chi connectivity index (χ2n) is 3.46. The van der Waals surface area contributed by atoms with Gasteiger partial charge >= 0.3 is 5.97 Å². The molecular weight excluding hydrogens is 218 g/mol. The number of carboxylic acid groups (broad SMARTS) is 1. The second kappa shape index (κ2) is 4.83. The van der Waals surface area contributed by atoms with Crippen molar-refractivity contribution in [3.8, 4) is 0 Å². The number of ketones is 1. The SMILES string of the molecule is CC(CC(=O)c1c(F)cccc1F)C(=O)O. The summed E-state index contributed by atoms with van der Waals surface area (Å²) in [5.74, 6) is -4.92. The lowest BCUT2D eigenvalue weighted by molar-refractivity contribution is -0.141. The van der Waals surface area contributed by atoms with Gasteiger partial charge in [0.2, 0.25) is 0 Å². The summed E-state index contributed by atoms with van der Waals surface area (Å²) in [7, 11) is 0. The maximum absolute atomic E-state index is 13.1. The minimum absolute atomic E-state index is 0.423. The topological polar surface area (TPSA) is 54.4 Å². The van der Waals surface area contributed by atoms with Crippen LogP contribution in [0.3, 0.4) is 0 Å². The largest absolute Gasteiger partial charge is 0.481 e. The average Bonchev–Trinajstić information content (AvgIpc) is 2.16. The number of benzene rings is 1. The van der Waals surface area contributed by atoms with Crippen LogP contribution < -0.4 is 0 Å². The highest BCUT2D eigenvalue weighted by Crippen LogP contribution is 2.16. The van der Waals surface area contributed by atoms with E-state index in [9.17, 15) is 18.4 Å². The van der Waals surface area contributed by atoms with E-state index in [1.165, 1.54) is 6.92 Å². The van der Waals surface area contributed by atoms with Gasteiger partial charge in [-0.1, -0.05) is 13.0 Å². The monoisotopic (exact) mass is 228 g/mol. The van der Waals surface area contributed by atoms with Gasteiger partial charge in [-0.15, -0.1) is 0 Å². The predicted octanol–water partition coefficient (Wildman–Crippen LogP) is 2.26. The summed E-state index contributed by atoms with van der Waals surface area (Å²) in [6, 6.07) is 3.06. The Balaban J connectivity index is 2.93. The van der Waals surface area contributed by atoms with Crippen LogP contribution in [0.25, 0.3) is 0 Å². The van der Waals surface area contributed by atoms with Crippen LogP contribution in [0.4, 0.5) is 8.78 Å². The Kier molecular flexibility index (Phi) is 3.71. The number of hydrogen-bond acceptors (Lipinski definition) is 2. The molecule has 1 N–H and O–H groups in total. The predicted molar refractivity (Wildman–Crippen MR) is 52.1 cm³/mol. The van der Waals surface area contributed by atoms with E-state index in [2.05, 4.69) is 0 Å². The van der Waals surface area contributed by atoms with E-state index < -0.39 is 41.3 Å². The summed E-state index contributed by atoms with van der Waals surface area (Å²) in [6.07, 6.45) is -0.423. The molecule has 0 amide bonds. The third-order valence-corrected chi connectivity index (χ3v) is 2.15. The lowest BCUT2D eigenvalue weighted by Crippen LogP contribution is -2.16. The molecule has 16 heavy (non-hydrogen) atoms. The lowest BCUT2D eigenvalue weighted by Gasteiger charge is -2.06. The van der Waals surface area contributed by atoms with E-state index in [0.29, 0.717) is 0 Å². The van der Waals surface area contributed by atoms with Crippen LogP contribution in [-0.2, 0) is 4.79 Å². The number of hydrogen-bond donors (Lipinski definition) is 1. The van der Waals surface area contributed by atoms with Crippen LogP contribution >= 0.6 is 0 Å². The van der Waals surface area contributed by atoms with Crippen LogP contribution in [0, 0.1) is 17.6 Å². The number of Topliss-reactive ketones (excluding diaryl/α,β-unsaturated/α-hetero) is 1. The molecular formula is C11H10F2O3. The van der Waals surface area contributed by atoms with Crippen LogP contribution in [0.15, 0.2) is 18.2 Å². The number of carboxylic acids is 1. The molecule has 3 nitrogen and oxygen atoms in total. The van der Waals surface area contributed by atoms with Crippen molar-refractivity contribution >= 4 is 11.8 Å². The smallest absolute Gasteiger partial charge is 0.306 e. The van der Waals surface area contributed by atoms with Crippen molar-refractivity contribution < 1.29 is 23.5 Å². The normalized spacial score (nSPS) is 12.2. The Morgan fingerprint density at radius 3 is 2.25 bits per heavy atom. The summed E-state index contributed by atoms with van der Waals surface area (Å²) in [4.78, 5) is 22.0. The molecule has 0 bridgehead atoms. The van der Waals surface area contributed by atoms with Gasteiger partial charge in [0, 0.05) is 6.42 Å². The fourth-order valence-corrected chi connectivity index (χ4v) is 1.23. The third kappa shape index (κ3) is 2.62. The number of rotatable bonds is 4. The van der Waals surface area contributed by atoms with E-state index in [1.807, 2.05) is 0 Å². The molecule has 1 atom stereocenters. The van der Waals surface area contributed by atoms with Crippen LogP contribution in [0.5, 0.6) is 0 Å². The molecule has 1 aromatic rings. The summed E-state index contributed by atoms with van der Waals surface area (Å²) >= 11 is 0. The van der Waals surface area contributed by atoms with Crippen molar-refractivity contribution in [2.45, 2.75) is 13.3 Å². The maximum Gasteiger partial charge on any atom is 0.306 e. The molecule has 0 aliphatic heterocycles. The lowest BCUT2D eigenvalue weighted by atomic mass is 9.99. The zero-order chi connectivity index (χ0) is 12.3. The minimum atomic E-state index is -1.18. The van der Waals surface area contributed by atoms with Gasteiger partial charge in [-0.3, -0.25) is 9.59 Å². The first-order chi connectivity index (χ1) is 7.43. The third-order valence-electron chi connectivity index (χ3n) is 2.15. The van der Waals surface area contributed by atoms with Crippen molar-refractivity contribution in [2.24, 2.45) is 5.92 Å². The summed E-state index contributed by atoms with van der Waals surface area (Å²) < 4.78 is 26.3. The van der Waals surface area contributed by atoms with Crippen molar-refractivity contribution in [1.82, 2.24) is 0 Å². The molecule has 0 heterocycles. The van der Waals surface area contributed by atoms with Crippen molar-refractivity contribution in [2.75, 3.05) is 0 Å². The van der Waals surface area contributed by atoms with Gasteiger partial charge in [-0.25, -0.2) is 8.78 Å². The number of aliphatic carboxylic acids is 1. The molecule has 1 rings (SSSR count). The molecule has 0 fully saturated rings. The molecule has 0 aliphatic rings. The Morgan fingerprint density at radius 1 is 1.31 bits per heavy atom. The quantitative estimate of drug-likeness (QED) is 0.804.